The number of amides is 2. The molecule has 27 heavy (non-hydrogen) atoms. The van der Waals surface area contributed by atoms with Gasteiger partial charge in [0.2, 0.25) is 5.91 Å². The van der Waals surface area contributed by atoms with E-state index in [-0.39, 0.29) is 13.0 Å². The maximum atomic E-state index is 12.0. The molecule has 9 nitrogen and oxygen atoms in total. The van der Waals surface area contributed by atoms with Gasteiger partial charge in [0.25, 0.3) is 0 Å². The standard InChI is InChI=1S/C18H24N2O7/c1-12(9-15(22)25-2)16(17(23)26-3)20-14(21)10-19-18(24)27-11-13-7-5-4-6-8-13/h4-8,12,16H,9-11H2,1-3H3,(H,19,24)(H,20,21)/t12-,16+/m1/s1. The van der Waals surface area contributed by atoms with Crippen LogP contribution in [0.15, 0.2) is 30.3 Å². The third-order valence-electron chi connectivity index (χ3n) is 3.66. The molecule has 0 saturated carbocycles. The van der Waals surface area contributed by atoms with Crippen molar-refractivity contribution in [1.82, 2.24) is 10.6 Å². The van der Waals surface area contributed by atoms with E-state index in [0.717, 1.165) is 5.56 Å². The number of carbonyl (C=O) groups excluding carboxylic acids is 4. The molecule has 0 unspecified atom stereocenters. The van der Waals surface area contributed by atoms with Crippen LogP contribution < -0.4 is 10.6 Å². The van der Waals surface area contributed by atoms with Crippen molar-refractivity contribution >= 4 is 23.9 Å². The van der Waals surface area contributed by atoms with Crippen LogP contribution in [-0.2, 0) is 35.2 Å². The van der Waals surface area contributed by atoms with E-state index in [2.05, 4.69) is 20.1 Å². The van der Waals surface area contributed by atoms with E-state index in [0.29, 0.717) is 0 Å². The van der Waals surface area contributed by atoms with Crippen LogP contribution in [0.5, 0.6) is 0 Å². The van der Waals surface area contributed by atoms with Gasteiger partial charge in [-0.05, 0) is 11.5 Å². The molecule has 0 aliphatic heterocycles. The largest absolute Gasteiger partial charge is 0.469 e. The molecule has 2 N–H and O–H groups in total. The molecule has 0 heterocycles. The van der Waals surface area contributed by atoms with Crippen molar-refractivity contribution in [3.05, 3.63) is 35.9 Å². The van der Waals surface area contributed by atoms with E-state index in [1.165, 1.54) is 14.2 Å². The number of esters is 2. The lowest BCUT2D eigenvalue weighted by molar-refractivity contribution is -0.148. The molecule has 1 aromatic rings. The van der Waals surface area contributed by atoms with Gasteiger partial charge in [0.05, 0.1) is 20.6 Å². The molecule has 9 heteroatoms. The zero-order chi connectivity index (χ0) is 20.2. The maximum Gasteiger partial charge on any atom is 0.407 e. The zero-order valence-electron chi connectivity index (χ0n) is 15.5. The summed E-state index contributed by atoms with van der Waals surface area (Å²) in [7, 11) is 2.40. The number of rotatable bonds is 9. The summed E-state index contributed by atoms with van der Waals surface area (Å²) in [5.74, 6) is -2.41. The fourth-order valence-corrected chi connectivity index (χ4v) is 2.18. The Kier molecular flexibility index (Phi) is 9.35. The van der Waals surface area contributed by atoms with Gasteiger partial charge in [-0.3, -0.25) is 9.59 Å². The van der Waals surface area contributed by atoms with Crippen LogP contribution in [0, 0.1) is 5.92 Å². The Balaban J connectivity index is 2.47. The smallest absolute Gasteiger partial charge is 0.407 e. The molecule has 1 rings (SSSR count). The van der Waals surface area contributed by atoms with Crippen LogP contribution >= 0.6 is 0 Å². The summed E-state index contributed by atoms with van der Waals surface area (Å²) in [6.07, 6.45) is -0.852. The van der Waals surface area contributed by atoms with Crippen molar-refractivity contribution in [2.75, 3.05) is 20.8 Å². The lowest BCUT2D eigenvalue weighted by Gasteiger charge is -2.22. The first kappa shape index (κ1) is 21.9. The molecule has 2 amide bonds. The van der Waals surface area contributed by atoms with E-state index in [9.17, 15) is 19.2 Å². The van der Waals surface area contributed by atoms with E-state index >= 15 is 0 Å². The average Bonchev–Trinajstić information content (AvgIpc) is 2.68. The summed E-state index contributed by atoms with van der Waals surface area (Å²) in [4.78, 5) is 46.9. The Hall–Kier alpha value is -3.10. The fourth-order valence-electron chi connectivity index (χ4n) is 2.18. The summed E-state index contributed by atoms with van der Waals surface area (Å²) in [5, 5.41) is 4.72. The normalized spacial score (nSPS) is 12.3. The quantitative estimate of drug-likeness (QED) is 0.479. The van der Waals surface area contributed by atoms with Gasteiger partial charge in [0, 0.05) is 0 Å². The molecule has 1 aromatic carbocycles. The van der Waals surface area contributed by atoms with Gasteiger partial charge in [-0.25, -0.2) is 9.59 Å². The van der Waals surface area contributed by atoms with E-state index in [1.807, 2.05) is 18.2 Å². The van der Waals surface area contributed by atoms with Crippen molar-refractivity contribution in [2.24, 2.45) is 5.92 Å². The number of ether oxygens (including phenoxy) is 3. The summed E-state index contributed by atoms with van der Waals surface area (Å²) >= 11 is 0. The number of carbonyl (C=O) groups is 4. The lowest BCUT2D eigenvalue weighted by Crippen LogP contribution is -2.49. The van der Waals surface area contributed by atoms with Gasteiger partial charge < -0.3 is 24.8 Å². The molecule has 2 atom stereocenters. The van der Waals surface area contributed by atoms with Crippen LogP contribution in [0.4, 0.5) is 4.79 Å². The highest BCUT2D eigenvalue weighted by Crippen LogP contribution is 2.11. The minimum atomic E-state index is -1.05. The second-order valence-electron chi connectivity index (χ2n) is 5.74. The fraction of sp³-hybridized carbons (Fsp3) is 0.444. The van der Waals surface area contributed by atoms with Crippen LogP contribution in [0.25, 0.3) is 0 Å². The minimum absolute atomic E-state index is 0.0647. The van der Waals surface area contributed by atoms with Crippen LogP contribution in [0.3, 0.4) is 0 Å². The Bertz CT molecular complexity index is 648. The Morgan fingerprint density at radius 3 is 2.30 bits per heavy atom. The third-order valence-corrected chi connectivity index (χ3v) is 3.66. The first-order chi connectivity index (χ1) is 12.9. The molecule has 0 aliphatic rings. The maximum absolute atomic E-state index is 12.0. The van der Waals surface area contributed by atoms with E-state index in [4.69, 9.17) is 4.74 Å². The second-order valence-corrected chi connectivity index (χ2v) is 5.74. The molecule has 0 bridgehead atoms. The molecule has 0 fully saturated rings. The molecule has 0 radical (unpaired) electrons. The van der Waals surface area contributed by atoms with Gasteiger partial charge in [-0.15, -0.1) is 0 Å². The number of alkyl carbamates (subject to hydrolysis) is 1. The predicted molar refractivity (Wildman–Crippen MR) is 94.4 cm³/mol. The van der Waals surface area contributed by atoms with Crippen molar-refractivity contribution < 1.29 is 33.4 Å². The van der Waals surface area contributed by atoms with E-state index in [1.54, 1.807) is 19.1 Å². The van der Waals surface area contributed by atoms with Crippen LogP contribution in [-0.4, -0.2) is 50.7 Å². The molecule has 0 aliphatic carbocycles. The molecule has 148 valence electrons. The van der Waals surface area contributed by atoms with Gasteiger partial charge in [-0.2, -0.15) is 0 Å². The van der Waals surface area contributed by atoms with E-state index < -0.39 is 42.4 Å². The second kappa shape index (κ2) is 11.5. The highest BCUT2D eigenvalue weighted by molar-refractivity contribution is 5.87. The number of hydrogen-bond acceptors (Lipinski definition) is 7. The Labute approximate surface area is 157 Å². The van der Waals surface area contributed by atoms with Crippen molar-refractivity contribution in [3.63, 3.8) is 0 Å². The Morgan fingerprint density at radius 1 is 1.04 bits per heavy atom. The zero-order valence-corrected chi connectivity index (χ0v) is 15.5. The van der Waals surface area contributed by atoms with Gasteiger partial charge in [-0.1, -0.05) is 37.3 Å². The molecule has 0 spiro atoms. The summed E-state index contributed by atoms with van der Waals surface area (Å²) < 4.78 is 14.2. The molecular formula is C18H24N2O7. The Morgan fingerprint density at radius 2 is 1.70 bits per heavy atom. The third kappa shape index (κ3) is 8.21. The highest BCUT2D eigenvalue weighted by Gasteiger charge is 2.29. The van der Waals surface area contributed by atoms with Crippen molar-refractivity contribution in [2.45, 2.75) is 26.0 Å². The molecular weight excluding hydrogens is 356 g/mol. The lowest BCUT2D eigenvalue weighted by atomic mass is 9.98. The summed E-state index contributed by atoms with van der Waals surface area (Å²) in [6, 6.07) is 8.00. The van der Waals surface area contributed by atoms with Gasteiger partial charge in [0.15, 0.2) is 0 Å². The summed E-state index contributed by atoms with van der Waals surface area (Å²) in [6.45, 7) is 1.27. The van der Waals surface area contributed by atoms with Gasteiger partial charge in [0.1, 0.15) is 19.2 Å². The summed E-state index contributed by atoms with van der Waals surface area (Å²) in [5.41, 5.74) is 0.805. The SMILES string of the molecule is COC(=O)C[C@@H](C)[C@H](NC(=O)CNC(=O)OCc1ccccc1)C(=O)OC. The molecule has 0 aromatic heterocycles. The minimum Gasteiger partial charge on any atom is -0.469 e. The number of benzene rings is 1. The van der Waals surface area contributed by atoms with Gasteiger partial charge >= 0.3 is 18.0 Å². The van der Waals surface area contributed by atoms with Crippen molar-refractivity contribution in [1.29, 1.82) is 0 Å². The number of methoxy groups -OCH3 is 2. The first-order valence-electron chi connectivity index (χ1n) is 8.26. The van der Waals surface area contributed by atoms with Crippen molar-refractivity contribution in [3.8, 4) is 0 Å². The molecule has 0 saturated heterocycles. The number of nitrogens with one attached hydrogen (secondary N) is 2. The first-order valence-corrected chi connectivity index (χ1v) is 8.26. The topological polar surface area (TPSA) is 120 Å². The van der Waals surface area contributed by atoms with Crippen LogP contribution in [0.1, 0.15) is 18.9 Å². The predicted octanol–water partition coefficient (Wildman–Crippen LogP) is 0.770. The van der Waals surface area contributed by atoms with Crippen LogP contribution in [0.2, 0.25) is 0 Å². The number of hydrogen-bond donors (Lipinski definition) is 2. The highest BCUT2D eigenvalue weighted by atomic mass is 16.5. The monoisotopic (exact) mass is 380 g/mol. The average molecular weight is 380 g/mol.